The van der Waals surface area contributed by atoms with Crippen LogP contribution in [0.5, 0.6) is 0 Å². The van der Waals surface area contributed by atoms with Crippen LogP contribution in [0.3, 0.4) is 0 Å². The summed E-state index contributed by atoms with van der Waals surface area (Å²) in [5.74, 6) is -0.727. The first-order valence-electron chi connectivity index (χ1n) is 5.68. The van der Waals surface area contributed by atoms with Crippen molar-refractivity contribution >= 4 is 23.3 Å². The van der Waals surface area contributed by atoms with Crippen LogP contribution >= 0.6 is 11.6 Å². The summed E-state index contributed by atoms with van der Waals surface area (Å²) < 4.78 is 0. The lowest BCUT2D eigenvalue weighted by atomic mass is 9.95. The van der Waals surface area contributed by atoms with Gasteiger partial charge in [0, 0.05) is 5.69 Å². The number of nitriles is 1. The minimum Gasteiger partial charge on any atom is -0.480 e. The molecule has 0 heterocycles. The van der Waals surface area contributed by atoms with E-state index in [1.807, 2.05) is 6.07 Å². The Morgan fingerprint density at radius 2 is 2.28 bits per heavy atom. The molecule has 0 bridgehead atoms. The molecule has 1 aromatic carbocycles. The molecule has 5 heteroatoms. The molecule has 1 aromatic rings. The summed E-state index contributed by atoms with van der Waals surface area (Å²) in [4.78, 5) is 11.4. The van der Waals surface area contributed by atoms with E-state index in [1.165, 1.54) is 0 Å². The second kappa shape index (κ2) is 4.51. The second-order valence-corrected chi connectivity index (χ2v) is 5.12. The Balaban J connectivity index is 2.25. The van der Waals surface area contributed by atoms with Gasteiger partial charge in [0.25, 0.3) is 0 Å². The summed E-state index contributed by atoms with van der Waals surface area (Å²) >= 11 is 5.92. The average molecular weight is 265 g/mol. The maximum absolute atomic E-state index is 11.4. The van der Waals surface area contributed by atoms with Crippen LogP contribution in [-0.4, -0.2) is 16.6 Å². The molecule has 18 heavy (non-hydrogen) atoms. The third-order valence-corrected chi connectivity index (χ3v) is 3.64. The standard InChI is InChI=1S/C13H13ClN2O2/c1-13(12(17)18,9-3-4-9)16-10-5-2-8(7-15)11(14)6-10/h2,5-6,9,16H,3-4H2,1H3,(H,17,18). The van der Waals surface area contributed by atoms with Gasteiger partial charge in [0.05, 0.1) is 10.6 Å². The molecule has 1 unspecified atom stereocenters. The van der Waals surface area contributed by atoms with Crippen LogP contribution in [0.4, 0.5) is 5.69 Å². The quantitative estimate of drug-likeness (QED) is 0.877. The van der Waals surface area contributed by atoms with Crippen LogP contribution in [0.25, 0.3) is 0 Å². The SMILES string of the molecule is CC(Nc1ccc(C#N)c(Cl)c1)(C(=O)O)C1CC1. The number of carboxylic acids is 1. The van der Waals surface area contributed by atoms with Gasteiger partial charge < -0.3 is 10.4 Å². The Labute approximate surface area is 110 Å². The molecule has 0 aliphatic heterocycles. The largest absolute Gasteiger partial charge is 0.480 e. The van der Waals surface area contributed by atoms with Gasteiger partial charge in [-0.05, 0) is 43.9 Å². The van der Waals surface area contributed by atoms with Gasteiger partial charge in [-0.2, -0.15) is 5.26 Å². The third-order valence-electron chi connectivity index (χ3n) is 3.33. The summed E-state index contributed by atoms with van der Waals surface area (Å²) in [5, 5.41) is 21.4. The van der Waals surface area contributed by atoms with Crippen molar-refractivity contribution in [2.75, 3.05) is 5.32 Å². The highest BCUT2D eigenvalue weighted by Crippen LogP contribution is 2.41. The minimum absolute atomic E-state index is 0.143. The lowest BCUT2D eigenvalue weighted by molar-refractivity contribution is -0.142. The molecule has 0 saturated heterocycles. The fourth-order valence-corrected chi connectivity index (χ4v) is 2.20. The summed E-state index contributed by atoms with van der Waals surface area (Å²) in [6.07, 6.45) is 1.83. The van der Waals surface area contributed by atoms with E-state index in [-0.39, 0.29) is 5.92 Å². The molecule has 0 spiro atoms. The lowest BCUT2D eigenvalue weighted by Crippen LogP contribution is -2.45. The zero-order chi connectivity index (χ0) is 13.3. The van der Waals surface area contributed by atoms with Gasteiger partial charge in [-0.3, -0.25) is 0 Å². The van der Waals surface area contributed by atoms with E-state index in [0.29, 0.717) is 16.3 Å². The van der Waals surface area contributed by atoms with Crippen LogP contribution in [-0.2, 0) is 4.79 Å². The predicted octanol–water partition coefficient (Wildman–Crippen LogP) is 2.88. The Bertz CT molecular complexity index is 534. The Morgan fingerprint density at radius 1 is 1.61 bits per heavy atom. The second-order valence-electron chi connectivity index (χ2n) is 4.71. The topological polar surface area (TPSA) is 73.1 Å². The number of hydrogen-bond donors (Lipinski definition) is 2. The first kappa shape index (κ1) is 12.7. The number of anilines is 1. The molecule has 2 rings (SSSR count). The van der Waals surface area contributed by atoms with E-state index in [4.69, 9.17) is 16.9 Å². The molecule has 0 aromatic heterocycles. The summed E-state index contributed by atoms with van der Waals surface area (Å²) in [6, 6.07) is 6.81. The number of nitrogens with one attached hydrogen (secondary N) is 1. The highest BCUT2D eigenvalue weighted by atomic mass is 35.5. The molecule has 0 amide bonds. The molecule has 1 aliphatic rings. The van der Waals surface area contributed by atoms with Crippen LogP contribution < -0.4 is 5.32 Å². The van der Waals surface area contributed by atoms with Crippen LogP contribution in [0, 0.1) is 17.2 Å². The van der Waals surface area contributed by atoms with Gasteiger partial charge in [-0.25, -0.2) is 4.79 Å². The van der Waals surface area contributed by atoms with Gasteiger partial charge in [0.15, 0.2) is 0 Å². The Morgan fingerprint density at radius 3 is 2.72 bits per heavy atom. The summed E-state index contributed by atoms with van der Waals surface area (Å²) in [6.45, 7) is 1.68. The average Bonchev–Trinajstić information content (AvgIpc) is 3.13. The zero-order valence-corrected chi connectivity index (χ0v) is 10.7. The van der Waals surface area contributed by atoms with E-state index in [0.717, 1.165) is 12.8 Å². The molecule has 1 saturated carbocycles. The number of aliphatic carboxylic acids is 1. The maximum Gasteiger partial charge on any atom is 0.329 e. The molecule has 1 aliphatic carbocycles. The van der Waals surface area contributed by atoms with Crippen molar-refractivity contribution in [3.63, 3.8) is 0 Å². The normalized spacial score (nSPS) is 17.6. The highest BCUT2D eigenvalue weighted by molar-refractivity contribution is 6.32. The fourth-order valence-electron chi connectivity index (χ4n) is 1.97. The fraction of sp³-hybridized carbons (Fsp3) is 0.385. The van der Waals surface area contributed by atoms with E-state index in [1.54, 1.807) is 25.1 Å². The Hall–Kier alpha value is -1.73. The van der Waals surface area contributed by atoms with Crippen molar-refractivity contribution in [3.8, 4) is 6.07 Å². The highest BCUT2D eigenvalue weighted by Gasteiger charge is 2.47. The van der Waals surface area contributed by atoms with Crippen molar-refractivity contribution in [2.24, 2.45) is 5.92 Å². The van der Waals surface area contributed by atoms with Gasteiger partial charge in [-0.1, -0.05) is 11.6 Å². The molecule has 2 N–H and O–H groups in total. The van der Waals surface area contributed by atoms with Gasteiger partial charge in [0.1, 0.15) is 11.6 Å². The zero-order valence-electron chi connectivity index (χ0n) is 9.90. The molecular weight excluding hydrogens is 252 g/mol. The van der Waals surface area contributed by atoms with Crippen molar-refractivity contribution in [3.05, 3.63) is 28.8 Å². The number of nitrogens with zero attached hydrogens (tertiary/aromatic N) is 1. The molecular formula is C13H13ClN2O2. The molecule has 1 atom stereocenters. The summed E-state index contributed by atoms with van der Waals surface area (Å²) in [7, 11) is 0. The molecule has 1 fully saturated rings. The van der Waals surface area contributed by atoms with Gasteiger partial charge >= 0.3 is 5.97 Å². The maximum atomic E-state index is 11.4. The summed E-state index contributed by atoms with van der Waals surface area (Å²) in [5.41, 5.74) is 0.0266. The molecule has 4 nitrogen and oxygen atoms in total. The number of rotatable bonds is 4. The third kappa shape index (κ3) is 2.27. The molecule has 94 valence electrons. The predicted molar refractivity (Wildman–Crippen MR) is 68.6 cm³/mol. The van der Waals surface area contributed by atoms with Crippen LogP contribution in [0.15, 0.2) is 18.2 Å². The molecule has 0 radical (unpaired) electrons. The number of carbonyl (C=O) groups is 1. The number of halogens is 1. The number of benzene rings is 1. The van der Waals surface area contributed by atoms with Crippen LogP contribution in [0.1, 0.15) is 25.3 Å². The smallest absolute Gasteiger partial charge is 0.329 e. The van der Waals surface area contributed by atoms with Gasteiger partial charge in [-0.15, -0.1) is 0 Å². The monoisotopic (exact) mass is 264 g/mol. The first-order valence-corrected chi connectivity index (χ1v) is 6.06. The minimum atomic E-state index is -0.975. The van der Waals surface area contributed by atoms with Crippen molar-refractivity contribution in [2.45, 2.75) is 25.3 Å². The first-order chi connectivity index (χ1) is 8.47. The van der Waals surface area contributed by atoms with Crippen molar-refractivity contribution in [1.82, 2.24) is 0 Å². The van der Waals surface area contributed by atoms with E-state index < -0.39 is 11.5 Å². The van der Waals surface area contributed by atoms with E-state index in [2.05, 4.69) is 5.32 Å². The number of hydrogen-bond acceptors (Lipinski definition) is 3. The number of carboxylic acid groups (broad SMARTS) is 1. The van der Waals surface area contributed by atoms with Crippen molar-refractivity contribution in [1.29, 1.82) is 5.26 Å². The van der Waals surface area contributed by atoms with E-state index in [9.17, 15) is 9.90 Å². The van der Waals surface area contributed by atoms with E-state index >= 15 is 0 Å². The van der Waals surface area contributed by atoms with Gasteiger partial charge in [0.2, 0.25) is 0 Å². The van der Waals surface area contributed by atoms with Crippen molar-refractivity contribution < 1.29 is 9.90 Å². The Kier molecular flexibility index (Phi) is 3.18. The lowest BCUT2D eigenvalue weighted by Gasteiger charge is -2.27. The van der Waals surface area contributed by atoms with Crippen LogP contribution in [0.2, 0.25) is 5.02 Å².